The molecule has 20 heavy (non-hydrogen) atoms. The van der Waals surface area contributed by atoms with Crippen LogP contribution < -0.4 is 10.6 Å². The van der Waals surface area contributed by atoms with E-state index in [-0.39, 0.29) is 11.4 Å². The highest BCUT2D eigenvalue weighted by atomic mass is 35.5. The Kier molecular flexibility index (Phi) is 4.53. The first-order valence-corrected chi connectivity index (χ1v) is 6.45. The standard InChI is InChI=1S/C14H13ClFN3O/c1-2-17-13-12(16)11(6-7-18-13)14(20)19-10-5-3-4-9(15)8-10/h3-8H,2H2,1H3,(H,17,18)(H,19,20). The van der Waals surface area contributed by atoms with Crippen molar-refractivity contribution >= 4 is 29.0 Å². The van der Waals surface area contributed by atoms with Gasteiger partial charge in [0.05, 0.1) is 5.56 Å². The van der Waals surface area contributed by atoms with Gasteiger partial charge in [0, 0.05) is 23.5 Å². The van der Waals surface area contributed by atoms with Gasteiger partial charge in [-0.25, -0.2) is 9.37 Å². The highest BCUT2D eigenvalue weighted by Crippen LogP contribution is 2.19. The molecule has 4 nitrogen and oxygen atoms in total. The number of hydrogen-bond acceptors (Lipinski definition) is 3. The molecule has 2 aromatic rings. The zero-order chi connectivity index (χ0) is 14.5. The third-order valence-electron chi connectivity index (χ3n) is 2.56. The monoisotopic (exact) mass is 293 g/mol. The Hall–Kier alpha value is -2.14. The summed E-state index contributed by atoms with van der Waals surface area (Å²) >= 11 is 5.83. The molecule has 0 atom stereocenters. The molecule has 0 aliphatic heterocycles. The minimum Gasteiger partial charge on any atom is -0.368 e. The number of benzene rings is 1. The molecule has 0 radical (unpaired) electrons. The number of nitrogens with one attached hydrogen (secondary N) is 2. The second-order valence-corrected chi connectivity index (χ2v) is 4.45. The Morgan fingerprint density at radius 3 is 2.90 bits per heavy atom. The van der Waals surface area contributed by atoms with Gasteiger partial charge in [0.2, 0.25) is 0 Å². The fourth-order valence-corrected chi connectivity index (χ4v) is 1.86. The summed E-state index contributed by atoms with van der Waals surface area (Å²) in [5, 5.41) is 5.84. The van der Waals surface area contributed by atoms with Crippen LogP contribution in [0.1, 0.15) is 17.3 Å². The Labute approximate surface area is 121 Å². The van der Waals surface area contributed by atoms with Gasteiger partial charge in [0.25, 0.3) is 5.91 Å². The van der Waals surface area contributed by atoms with Gasteiger partial charge in [-0.05, 0) is 31.2 Å². The lowest BCUT2D eigenvalue weighted by Crippen LogP contribution is -2.15. The molecule has 0 aliphatic carbocycles. The van der Waals surface area contributed by atoms with Crippen LogP contribution in [0.2, 0.25) is 5.02 Å². The number of pyridine rings is 1. The molecule has 0 saturated heterocycles. The van der Waals surface area contributed by atoms with Crippen LogP contribution in [0.5, 0.6) is 0 Å². The third-order valence-corrected chi connectivity index (χ3v) is 2.80. The van der Waals surface area contributed by atoms with E-state index in [0.29, 0.717) is 17.3 Å². The van der Waals surface area contributed by atoms with Crippen molar-refractivity contribution < 1.29 is 9.18 Å². The van der Waals surface area contributed by atoms with Crippen molar-refractivity contribution in [2.24, 2.45) is 0 Å². The summed E-state index contributed by atoms with van der Waals surface area (Å²) in [4.78, 5) is 15.9. The van der Waals surface area contributed by atoms with E-state index in [1.165, 1.54) is 12.3 Å². The molecule has 0 aliphatic rings. The largest absolute Gasteiger partial charge is 0.368 e. The minimum atomic E-state index is -0.672. The SMILES string of the molecule is CCNc1nccc(C(=O)Nc2cccc(Cl)c2)c1F. The highest BCUT2D eigenvalue weighted by Gasteiger charge is 2.15. The molecular formula is C14H13ClFN3O. The maximum Gasteiger partial charge on any atom is 0.258 e. The van der Waals surface area contributed by atoms with Gasteiger partial charge in [0.1, 0.15) is 0 Å². The second kappa shape index (κ2) is 6.34. The van der Waals surface area contributed by atoms with Crippen LogP contribution >= 0.6 is 11.6 Å². The molecule has 1 amide bonds. The summed E-state index contributed by atoms with van der Waals surface area (Å²) in [7, 11) is 0. The number of hydrogen-bond donors (Lipinski definition) is 2. The summed E-state index contributed by atoms with van der Waals surface area (Å²) < 4.78 is 14.1. The fourth-order valence-electron chi connectivity index (χ4n) is 1.67. The number of carbonyl (C=O) groups excluding carboxylic acids is 1. The van der Waals surface area contributed by atoms with E-state index in [0.717, 1.165) is 0 Å². The minimum absolute atomic E-state index is 0.0613. The fraction of sp³-hybridized carbons (Fsp3) is 0.143. The highest BCUT2D eigenvalue weighted by molar-refractivity contribution is 6.30. The molecule has 0 bridgehead atoms. The first-order valence-electron chi connectivity index (χ1n) is 6.07. The quantitative estimate of drug-likeness (QED) is 0.906. The van der Waals surface area contributed by atoms with Crippen LogP contribution in [-0.4, -0.2) is 17.4 Å². The van der Waals surface area contributed by atoms with Crippen molar-refractivity contribution in [2.45, 2.75) is 6.92 Å². The first kappa shape index (κ1) is 14.3. The Morgan fingerprint density at radius 2 is 2.20 bits per heavy atom. The first-order chi connectivity index (χ1) is 9.61. The van der Waals surface area contributed by atoms with Crippen molar-refractivity contribution in [3.63, 3.8) is 0 Å². The predicted molar refractivity (Wildman–Crippen MR) is 77.8 cm³/mol. The van der Waals surface area contributed by atoms with E-state index in [1.807, 2.05) is 6.92 Å². The molecule has 1 heterocycles. The van der Waals surface area contributed by atoms with Crippen LogP contribution in [0, 0.1) is 5.82 Å². The molecule has 2 N–H and O–H groups in total. The van der Waals surface area contributed by atoms with Crippen molar-refractivity contribution in [3.05, 3.63) is 52.9 Å². The van der Waals surface area contributed by atoms with Gasteiger partial charge in [-0.2, -0.15) is 0 Å². The zero-order valence-electron chi connectivity index (χ0n) is 10.8. The van der Waals surface area contributed by atoms with Gasteiger partial charge >= 0.3 is 0 Å². The number of carbonyl (C=O) groups is 1. The normalized spacial score (nSPS) is 10.2. The molecule has 6 heteroatoms. The van der Waals surface area contributed by atoms with Crippen LogP contribution in [-0.2, 0) is 0 Å². The zero-order valence-corrected chi connectivity index (χ0v) is 11.5. The molecule has 0 saturated carbocycles. The molecule has 1 aromatic carbocycles. The van der Waals surface area contributed by atoms with Crippen molar-refractivity contribution in [3.8, 4) is 0 Å². The van der Waals surface area contributed by atoms with Crippen molar-refractivity contribution in [2.75, 3.05) is 17.2 Å². The van der Waals surface area contributed by atoms with Gasteiger partial charge in [-0.1, -0.05) is 17.7 Å². The van der Waals surface area contributed by atoms with E-state index in [9.17, 15) is 9.18 Å². The van der Waals surface area contributed by atoms with E-state index in [1.54, 1.807) is 24.3 Å². The number of aromatic nitrogens is 1. The summed E-state index contributed by atoms with van der Waals surface area (Å²) in [5.41, 5.74) is 0.430. The average Bonchev–Trinajstić information content (AvgIpc) is 2.41. The summed E-state index contributed by atoms with van der Waals surface area (Å²) in [6.45, 7) is 2.34. The lowest BCUT2D eigenvalue weighted by Gasteiger charge is -2.09. The van der Waals surface area contributed by atoms with Crippen LogP contribution in [0.4, 0.5) is 15.9 Å². The van der Waals surface area contributed by atoms with Crippen LogP contribution in [0.25, 0.3) is 0 Å². The van der Waals surface area contributed by atoms with Crippen molar-refractivity contribution in [1.29, 1.82) is 0 Å². The molecule has 1 aromatic heterocycles. The van der Waals surface area contributed by atoms with Gasteiger partial charge < -0.3 is 10.6 Å². The molecule has 2 rings (SSSR count). The number of anilines is 2. The van der Waals surface area contributed by atoms with Crippen LogP contribution in [0.15, 0.2) is 36.5 Å². The Balaban J connectivity index is 2.23. The molecule has 104 valence electrons. The van der Waals surface area contributed by atoms with Gasteiger partial charge in [-0.3, -0.25) is 4.79 Å². The summed E-state index contributed by atoms with van der Waals surface area (Å²) in [6, 6.07) is 7.98. The van der Waals surface area contributed by atoms with Crippen LogP contribution in [0.3, 0.4) is 0 Å². The molecular weight excluding hydrogens is 281 g/mol. The number of amides is 1. The predicted octanol–water partition coefficient (Wildman–Crippen LogP) is 3.56. The number of nitrogens with zero attached hydrogens (tertiary/aromatic N) is 1. The molecule has 0 fully saturated rings. The molecule has 0 spiro atoms. The third kappa shape index (κ3) is 3.24. The number of rotatable bonds is 4. The maximum absolute atomic E-state index is 14.1. The van der Waals surface area contributed by atoms with E-state index < -0.39 is 11.7 Å². The smallest absolute Gasteiger partial charge is 0.258 e. The Bertz CT molecular complexity index is 634. The Morgan fingerprint density at radius 1 is 1.40 bits per heavy atom. The lowest BCUT2D eigenvalue weighted by molar-refractivity contribution is 0.102. The summed E-state index contributed by atoms with van der Waals surface area (Å²) in [6.07, 6.45) is 1.38. The van der Waals surface area contributed by atoms with Gasteiger partial charge in [-0.15, -0.1) is 0 Å². The average molecular weight is 294 g/mol. The van der Waals surface area contributed by atoms with E-state index >= 15 is 0 Å². The van der Waals surface area contributed by atoms with E-state index in [2.05, 4.69) is 15.6 Å². The maximum atomic E-state index is 14.1. The lowest BCUT2D eigenvalue weighted by atomic mass is 10.2. The van der Waals surface area contributed by atoms with Gasteiger partial charge in [0.15, 0.2) is 11.6 Å². The molecule has 0 unspecified atom stereocenters. The van der Waals surface area contributed by atoms with E-state index in [4.69, 9.17) is 11.6 Å². The topological polar surface area (TPSA) is 54.0 Å². The second-order valence-electron chi connectivity index (χ2n) is 4.02. The number of halogens is 2. The van der Waals surface area contributed by atoms with Crippen molar-refractivity contribution in [1.82, 2.24) is 4.98 Å². The summed E-state index contributed by atoms with van der Waals surface area (Å²) in [5.74, 6) is -1.16.